The molecule has 0 aliphatic carbocycles. The van der Waals surface area contributed by atoms with Crippen LogP contribution in [0.2, 0.25) is 0 Å². The predicted molar refractivity (Wildman–Crippen MR) is 58.0 cm³/mol. The third-order valence-corrected chi connectivity index (χ3v) is 2.88. The zero-order valence-electron chi connectivity index (χ0n) is 9.44. The lowest BCUT2D eigenvalue weighted by atomic mass is 10.1. The number of oxime groups is 1. The molecule has 1 aliphatic rings. The van der Waals surface area contributed by atoms with Crippen molar-refractivity contribution < 1.29 is 10.0 Å². The van der Waals surface area contributed by atoms with Crippen molar-refractivity contribution in [1.82, 2.24) is 19.7 Å². The fraction of sp³-hybridized carbons (Fsp3) is 0.556. The van der Waals surface area contributed by atoms with Crippen LogP contribution in [0.4, 0.5) is 0 Å². The second-order valence-corrected chi connectivity index (χ2v) is 3.95. The number of hydrogen-bond donors (Lipinski definition) is 2. The van der Waals surface area contributed by atoms with Gasteiger partial charge in [-0.1, -0.05) is 5.16 Å². The highest BCUT2D eigenvalue weighted by Gasteiger charge is 2.27. The fourth-order valence-corrected chi connectivity index (χ4v) is 1.74. The van der Waals surface area contributed by atoms with Gasteiger partial charge in [0, 0.05) is 13.1 Å². The molecule has 92 valence electrons. The summed E-state index contributed by atoms with van der Waals surface area (Å²) < 4.78 is 1.90. The second-order valence-electron chi connectivity index (χ2n) is 3.95. The van der Waals surface area contributed by atoms with Crippen LogP contribution in [0.1, 0.15) is 12.7 Å². The molecule has 0 bridgehead atoms. The fourth-order valence-electron chi connectivity index (χ4n) is 1.74. The van der Waals surface area contributed by atoms with Gasteiger partial charge < -0.3 is 20.4 Å². The van der Waals surface area contributed by atoms with Crippen molar-refractivity contribution in [3.63, 3.8) is 0 Å². The number of amidine groups is 1. The molecular weight excluding hydrogens is 224 g/mol. The van der Waals surface area contributed by atoms with Crippen molar-refractivity contribution in [1.29, 1.82) is 0 Å². The number of aromatic nitrogens is 3. The SMILES string of the molecule is CC(C(=O)N1CCn2cnnc2C1)C(N)=NO. The van der Waals surface area contributed by atoms with Gasteiger partial charge in [0.25, 0.3) is 0 Å². The first-order valence-corrected chi connectivity index (χ1v) is 5.26. The van der Waals surface area contributed by atoms with E-state index in [-0.39, 0.29) is 11.7 Å². The lowest BCUT2D eigenvalue weighted by Gasteiger charge is -2.28. The van der Waals surface area contributed by atoms with Crippen LogP contribution in [-0.4, -0.2) is 43.2 Å². The average molecular weight is 238 g/mol. The summed E-state index contributed by atoms with van der Waals surface area (Å²) in [5, 5.41) is 19.1. The Bertz CT molecular complexity index is 454. The van der Waals surface area contributed by atoms with Crippen LogP contribution in [0.5, 0.6) is 0 Å². The highest BCUT2D eigenvalue weighted by Crippen LogP contribution is 2.12. The van der Waals surface area contributed by atoms with E-state index in [9.17, 15) is 4.79 Å². The monoisotopic (exact) mass is 238 g/mol. The van der Waals surface area contributed by atoms with E-state index >= 15 is 0 Å². The van der Waals surface area contributed by atoms with Crippen molar-refractivity contribution in [2.45, 2.75) is 20.0 Å². The molecule has 17 heavy (non-hydrogen) atoms. The van der Waals surface area contributed by atoms with Crippen LogP contribution < -0.4 is 5.73 Å². The highest BCUT2D eigenvalue weighted by atomic mass is 16.4. The molecule has 1 aromatic rings. The molecule has 8 nitrogen and oxygen atoms in total. The van der Waals surface area contributed by atoms with Gasteiger partial charge in [0.15, 0.2) is 11.7 Å². The number of amides is 1. The molecule has 1 atom stereocenters. The van der Waals surface area contributed by atoms with Gasteiger partial charge in [0.2, 0.25) is 5.91 Å². The molecule has 0 radical (unpaired) electrons. The molecule has 0 saturated carbocycles. The molecule has 0 fully saturated rings. The smallest absolute Gasteiger partial charge is 0.233 e. The van der Waals surface area contributed by atoms with Crippen molar-refractivity contribution in [2.24, 2.45) is 16.8 Å². The number of carbonyl (C=O) groups is 1. The Morgan fingerprint density at radius 1 is 1.65 bits per heavy atom. The Labute approximate surface area is 97.7 Å². The maximum Gasteiger partial charge on any atom is 0.233 e. The minimum atomic E-state index is -0.630. The van der Waals surface area contributed by atoms with Gasteiger partial charge in [-0.25, -0.2) is 0 Å². The Morgan fingerprint density at radius 3 is 3.12 bits per heavy atom. The van der Waals surface area contributed by atoms with Gasteiger partial charge in [-0.05, 0) is 6.92 Å². The van der Waals surface area contributed by atoms with Gasteiger partial charge in [-0.15, -0.1) is 10.2 Å². The molecule has 0 aromatic carbocycles. The largest absolute Gasteiger partial charge is 0.409 e. The number of rotatable bonds is 2. The minimum absolute atomic E-state index is 0.0814. The van der Waals surface area contributed by atoms with Gasteiger partial charge in [-0.2, -0.15) is 0 Å². The molecule has 3 N–H and O–H groups in total. The quantitative estimate of drug-likeness (QED) is 0.297. The maximum atomic E-state index is 12.0. The van der Waals surface area contributed by atoms with E-state index in [1.54, 1.807) is 18.2 Å². The third-order valence-electron chi connectivity index (χ3n) is 2.88. The van der Waals surface area contributed by atoms with E-state index in [1.807, 2.05) is 4.57 Å². The summed E-state index contributed by atoms with van der Waals surface area (Å²) in [5.74, 6) is -0.137. The van der Waals surface area contributed by atoms with E-state index in [4.69, 9.17) is 10.9 Å². The van der Waals surface area contributed by atoms with E-state index in [1.165, 1.54) is 0 Å². The first kappa shape index (κ1) is 11.4. The minimum Gasteiger partial charge on any atom is -0.409 e. The summed E-state index contributed by atoms with van der Waals surface area (Å²) in [4.78, 5) is 13.7. The van der Waals surface area contributed by atoms with Gasteiger partial charge >= 0.3 is 0 Å². The van der Waals surface area contributed by atoms with Crippen LogP contribution >= 0.6 is 0 Å². The van der Waals surface area contributed by atoms with Gasteiger partial charge in [0.05, 0.1) is 12.5 Å². The Hall–Kier alpha value is -2.12. The van der Waals surface area contributed by atoms with Gasteiger partial charge in [0.1, 0.15) is 6.33 Å². The molecule has 1 amide bonds. The molecule has 0 saturated heterocycles. The molecule has 8 heteroatoms. The topological polar surface area (TPSA) is 110 Å². The summed E-state index contributed by atoms with van der Waals surface area (Å²) in [6.07, 6.45) is 1.64. The van der Waals surface area contributed by atoms with E-state index in [2.05, 4.69) is 15.4 Å². The molecule has 1 aliphatic heterocycles. The highest BCUT2D eigenvalue weighted by molar-refractivity contribution is 6.01. The van der Waals surface area contributed by atoms with Crippen LogP contribution in [0.25, 0.3) is 0 Å². The number of fused-ring (bicyclic) bond motifs is 1. The number of carbonyl (C=O) groups excluding carboxylic acids is 1. The van der Waals surface area contributed by atoms with Gasteiger partial charge in [-0.3, -0.25) is 4.79 Å². The second kappa shape index (κ2) is 4.40. The Balaban J connectivity index is 2.08. The Morgan fingerprint density at radius 2 is 2.41 bits per heavy atom. The lowest BCUT2D eigenvalue weighted by Crippen LogP contribution is -2.44. The average Bonchev–Trinajstić information content (AvgIpc) is 2.83. The number of nitrogens with zero attached hydrogens (tertiary/aromatic N) is 5. The molecule has 1 unspecified atom stereocenters. The summed E-state index contributed by atoms with van der Waals surface area (Å²) in [5.41, 5.74) is 5.42. The summed E-state index contributed by atoms with van der Waals surface area (Å²) in [6, 6.07) is 0. The van der Waals surface area contributed by atoms with Crippen LogP contribution in [0.15, 0.2) is 11.5 Å². The van der Waals surface area contributed by atoms with Crippen LogP contribution in [-0.2, 0) is 17.9 Å². The van der Waals surface area contributed by atoms with E-state index < -0.39 is 5.92 Å². The predicted octanol–water partition coefficient (Wildman–Crippen LogP) is -0.997. The molecular formula is C9H14N6O2. The summed E-state index contributed by atoms with van der Waals surface area (Å²) in [6.45, 7) is 3.25. The lowest BCUT2D eigenvalue weighted by molar-refractivity contribution is -0.134. The van der Waals surface area contributed by atoms with Crippen molar-refractivity contribution in [2.75, 3.05) is 6.54 Å². The summed E-state index contributed by atoms with van der Waals surface area (Å²) in [7, 11) is 0. The first-order valence-electron chi connectivity index (χ1n) is 5.26. The zero-order chi connectivity index (χ0) is 12.4. The first-order chi connectivity index (χ1) is 8.13. The molecule has 2 heterocycles. The van der Waals surface area contributed by atoms with E-state index in [0.29, 0.717) is 19.6 Å². The molecule has 1 aromatic heterocycles. The molecule has 2 rings (SSSR count). The number of hydrogen-bond acceptors (Lipinski definition) is 5. The zero-order valence-corrected chi connectivity index (χ0v) is 9.44. The van der Waals surface area contributed by atoms with Crippen LogP contribution in [0.3, 0.4) is 0 Å². The summed E-state index contributed by atoms with van der Waals surface area (Å²) >= 11 is 0. The molecule has 0 spiro atoms. The van der Waals surface area contributed by atoms with Crippen LogP contribution in [0, 0.1) is 5.92 Å². The normalized spacial score (nSPS) is 17.7. The van der Waals surface area contributed by atoms with Crippen molar-refractivity contribution in [3.8, 4) is 0 Å². The maximum absolute atomic E-state index is 12.0. The number of nitrogens with two attached hydrogens (primary N) is 1. The third kappa shape index (κ3) is 2.05. The Kier molecular flexibility index (Phi) is 2.94. The van der Waals surface area contributed by atoms with Crippen molar-refractivity contribution in [3.05, 3.63) is 12.2 Å². The van der Waals surface area contributed by atoms with E-state index in [0.717, 1.165) is 5.82 Å². The van der Waals surface area contributed by atoms with Crippen molar-refractivity contribution >= 4 is 11.7 Å². The standard InChI is InChI=1S/C9H14N6O2/c1-6(8(10)13-17)9(16)14-2-3-15-5-11-12-7(15)4-14/h5-6,17H,2-4H2,1H3,(H2,10,13).